The minimum Gasteiger partial charge on any atom is -0.465 e. The van der Waals surface area contributed by atoms with Gasteiger partial charge in [-0.25, -0.2) is 13.2 Å². The van der Waals surface area contributed by atoms with E-state index in [9.17, 15) is 13.2 Å². The van der Waals surface area contributed by atoms with Gasteiger partial charge < -0.3 is 10.1 Å². The number of methoxy groups -OCH3 is 1. The van der Waals surface area contributed by atoms with E-state index in [4.69, 9.17) is 4.74 Å². The number of carbonyl (C=O) groups is 1. The molecule has 1 aromatic rings. The normalized spacial score (nSPS) is 20.6. The summed E-state index contributed by atoms with van der Waals surface area (Å²) >= 11 is 6.70. The van der Waals surface area contributed by atoms with Gasteiger partial charge in [0.15, 0.2) is 9.84 Å². The van der Waals surface area contributed by atoms with Crippen molar-refractivity contribution in [1.29, 1.82) is 0 Å². The Morgan fingerprint density at radius 2 is 2.10 bits per heavy atom. The van der Waals surface area contributed by atoms with Crippen LogP contribution in [0.1, 0.15) is 16.8 Å². The van der Waals surface area contributed by atoms with Crippen molar-refractivity contribution in [3.63, 3.8) is 0 Å². The standard InChI is InChI=1S/C12H13Br2NO4S/c1-19-12(16)9-4-7(13)5-10(14)11(9)15-8-2-3-20(17,18)6-8/h4-5,8,15H,2-3,6H2,1H3. The van der Waals surface area contributed by atoms with Crippen LogP contribution in [-0.4, -0.2) is 39.0 Å². The monoisotopic (exact) mass is 425 g/mol. The van der Waals surface area contributed by atoms with Gasteiger partial charge in [-0.2, -0.15) is 0 Å². The zero-order valence-corrected chi connectivity index (χ0v) is 14.6. The number of sulfone groups is 1. The van der Waals surface area contributed by atoms with Gasteiger partial charge in [-0.05, 0) is 34.5 Å². The molecule has 0 spiro atoms. The summed E-state index contributed by atoms with van der Waals surface area (Å²) < 4.78 is 29.2. The molecule has 1 atom stereocenters. The molecule has 8 heteroatoms. The Morgan fingerprint density at radius 1 is 1.40 bits per heavy atom. The smallest absolute Gasteiger partial charge is 0.340 e. The van der Waals surface area contributed by atoms with E-state index in [-0.39, 0.29) is 17.5 Å². The van der Waals surface area contributed by atoms with E-state index in [1.807, 2.05) is 0 Å². The van der Waals surface area contributed by atoms with Crippen molar-refractivity contribution in [2.75, 3.05) is 23.9 Å². The van der Waals surface area contributed by atoms with E-state index in [0.29, 0.717) is 22.1 Å². The van der Waals surface area contributed by atoms with Crippen molar-refractivity contribution in [3.05, 3.63) is 26.6 Å². The molecular weight excluding hydrogens is 414 g/mol. The topological polar surface area (TPSA) is 72.5 Å². The van der Waals surface area contributed by atoms with Gasteiger partial charge in [0.05, 0.1) is 29.9 Å². The van der Waals surface area contributed by atoms with Crippen molar-refractivity contribution < 1.29 is 17.9 Å². The molecule has 1 unspecified atom stereocenters. The number of nitrogens with one attached hydrogen (secondary N) is 1. The van der Waals surface area contributed by atoms with Crippen molar-refractivity contribution in [2.24, 2.45) is 0 Å². The first-order chi connectivity index (χ1) is 9.32. The summed E-state index contributed by atoms with van der Waals surface area (Å²) in [6.07, 6.45) is 0.533. The van der Waals surface area contributed by atoms with E-state index in [1.54, 1.807) is 12.1 Å². The number of hydrogen-bond acceptors (Lipinski definition) is 5. The SMILES string of the molecule is COC(=O)c1cc(Br)cc(Br)c1NC1CCS(=O)(=O)C1. The number of esters is 1. The first kappa shape index (κ1) is 15.8. The number of ether oxygens (including phenoxy) is 1. The number of rotatable bonds is 3. The van der Waals surface area contributed by atoms with Crippen LogP contribution in [0, 0.1) is 0 Å². The summed E-state index contributed by atoms with van der Waals surface area (Å²) in [7, 11) is -1.67. The highest BCUT2D eigenvalue weighted by atomic mass is 79.9. The fraction of sp³-hybridized carbons (Fsp3) is 0.417. The number of hydrogen-bond donors (Lipinski definition) is 1. The summed E-state index contributed by atoms with van der Waals surface area (Å²) in [5, 5.41) is 3.13. The number of carbonyl (C=O) groups excluding carboxylic acids is 1. The molecule has 1 heterocycles. The molecule has 1 N–H and O–H groups in total. The predicted octanol–water partition coefficient (Wildman–Crippen LogP) is 2.60. The molecule has 1 aromatic carbocycles. The van der Waals surface area contributed by atoms with E-state index in [1.165, 1.54) is 7.11 Å². The molecule has 20 heavy (non-hydrogen) atoms. The van der Waals surface area contributed by atoms with E-state index >= 15 is 0 Å². The molecule has 0 bridgehead atoms. The summed E-state index contributed by atoms with van der Waals surface area (Å²) in [5.41, 5.74) is 0.917. The molecule has 110 valence electrons. The fourth-order valence-corrected chi connectivity index (χ4v) is 5.12. The number of benzene rings is 1. The van der Waals surface area contributed by atoms with Crippen LogP contribution in [0.4, 0.5) is 5.69 Å². The highest BCUT2D eigenvalue weighted by Crippen LogP contribution is 2.33. The van der Waals surface area contributed by atoms with Crippen LogP contribution in [0.25, 0.3) is 0 Å². The third kappa shape index (κ3) is 3.53. The van der Waals surface area contributed by atoms with Crippen LogP contribution in [0.5, 0.6) is 0 Å². The van der Waals surface area contributed by atoms with Crippen molar-refractivity contribution in [2.45, 2.75) is 12.5 Å². The Bertz CT molecular complexity index is 645. The van der Waals surface area contributed by atoms with E-state index < -0.39 is 15.8 Å². The summed E-state index contributed by atoms with van der Waals surface area (Å²) in [5.74, 6) is -0.224. The van der Waals surface area contributed by atoms with Crippen LogP contribution >= 0.6 is 31.9 Å². The van der Waals surface area contributed by atoms with Crippen molar-refractivity contribution in [1.82, 2.24) is 0 Å². The lowest BCUT2D eigenvalue weighted by Crippen LogP contribution is -2.22. The Hall–Kier alpha value is -0.600. The third-order valence-electron chi connectivity index (χ3n) is 3.04. The van der Waals surface area contributed by atoms with Crippen LogP contribution in [0.3, 0.4) is 0 Å². The lowest BCUT2D eigenvalue weighted by atomic mass is 10.1. The molecule has 0 saturated carbocycles. The second-order valence-corrected chi connectivity index (χ2v) is 8.54. The molecule has 0 aliphatic carbocycles. The highest BCUT2D eigenvalue weighted by molar-refractivity contribution is 9.11. The maximum atomic E-state index is 11.8. The first-order valence-electron chi connectivity index (χ1n) is 5.87. The molecule has 1 aliphatic rings. The molecule has 0 amide bonds. The zero-order chi connectivity index (χ0) is 14.9. The zero-order valence-electron chi connectivity index (χ0n) is 10.7. The average molecular weight is 427 g/mol. The van der Waals surface area contributed by atoms with Gasteiger partial charge in [-0.3, -0.25) is 0 Å². The largest absolute Gasteiger partial charge is 0.465 e. The maximum absolute atomic E-state index is 11.8. The van der Waals surface area contributed by atoms with Crippen LogP contribution in [0.2, 0.25) is 0 Å². The quantitative estimate of drug-likeness (QED) is 0.752. The second kappa shape index (κ2) is 6.03. The molecule has 2 rings (SSSR count). The summed E-state index contributed by atoms with van der Waals surface area (Å²) in [6, 6.07) is 3.24. The van der Waals surface area contributed by atoms with Gasteiger partial charge >= 0.3 is 5.97 Å². The number of anilines is 1. The van der Waals surface area contributed by atoms with Gasteiger partial charge in [0.2, 0.25) is 0 Å². The van der Waals surface area contributed by atoms with Gasteiger partial charge in [-0.1, -0.05) is 15.9 Å². The van der Waals surface area contributed by atoms with Gasteiger partial charge in [0.1, 0.15) is 0 Å². The van der Waals surface area contributed by atoms with E-state index in [0.717, 1.165) is 4.47 Å². The Morgan fingerprint density at radius 3 is 2.65 bits per heavy atom. The van der Waals surface area contributed by atoms with Crippen molar-refractivity contribution >= 4 is 53.4 Å². The van der Waals surface area contributed by atoms with Crippen LogP contribution in [0.15, 0.2) is 21.1 Å². The Balaban J connectivity index is 2.33. The molecule has 1 saturated heterocycles. The Labute approximate surface area is 134 Å². The molecule has 1 fully saturated rings. The maximum Gasteiger partial charge on any atom is 0.340 e. The lowest BCUT2D eigenvalue weighted by molar-refractivity contribution is 0.0601. The van der Waals surface area contributed by atoms with Gasteiger partial charge in [0, 0.05) is 15.0 Å². The van der Waals surface area contributed by atoms with Crippen LogP contribution < -0.4 is 5.32 Å². The number of halogens is 2. The molecule has 0 aromatic heterocycles. The molecule has 5 nitrogen and oxygen atoms in total. The minimum absolute atomic E-state index is 0.0795. The van der Waals surface area contributed by atoms with E-state index in [2.05, 4.69) is 37.2 Å². The highest BCUT2D eigenvalue weighted by Gasteiger charge is 2.29. The fourth-order valence-electron chi connectivity index (χ4n) is 2.10. The molecule has 1 aliphatic heterocycles. The Kier molecular flexibility index (Phi) is 4.76. The predicted molar refractivity (Wildman–Crippen MR) is 83.9 cm³/mol. The average Bonchev–Trinajstić information content (AvgIpc) is 2.71. The minimum atomic E-state index is -2.98. The van der Waals surface area contributed by atoms with Crippen LogP contribution in [-0.2, 0) is 14.6 Å². The summed E-state index contributed by atoms with van der Waals surface area (Å²) in [6.45, 7) is 0. The van der Waals surface area contributed by atoms with Gasteiger partial charge in [-0.15, -0.1) is 0 Å². The first-order valence-corrected chi connectivity index (χ1v) is 9.27. The molecular formula is C12H13Br2NO4S. The lowest BCUT2D eigenvalue weighted by Gasteiger charge is -2.17. The molecule has 0 radical (unpaired) electrons. The second-order valence-electron chi connectivity index (χ2n) is 4.55. The third-order valence-corrected chi connectivity index (χ3v) is 5.89. The van der Waals surface area contributed by atoms with Gasteiger partial charge in [0.25, 0.3) is 0 Å². The van der Waals surface area contributed by atoms with Crippen molar-refractivity contribution in [3.8, 4) is 0 Å². The summed E-state index contributed by atoms with van der Waals surface area (Å²) in [4.78, 5) is 11.8.